The van der Waals surface area contributed by atoms with Gasteiger partial charge in [-0.15, -0.1) is 0 Å². The molecule has 0 aromatic carbocycles. The van der Waals surface area contributed by atoms with E-state index in [2.05, 4.69) is 17.5 Å². The van der Waals surface area contributed by atoms with E-state index in [4.69, 9.17) is 0 Å². The maximum Gasteiger partial charge on any atom is 0.243 e. The topological polar surface area (TPSA) is 41.5 Å². The van der Waals surface area contributed by atoms with Crippen molar-refractivity contribution in [2.75, 3.05) is 0 Å². The molecule has 1 amide bonds. The molecule has 2 aliphatic rings. The molecule has 2 atom stereocenters. The van der Waals surface area contributed by atoms with Crippen molar-refractivity contribution in [1.29, 1.82) is 0 Å². The van der Waals surface area contributed by atoms with E-state index < -0.39 is 0 Å². The minimum atomic E-state index is 0.129. The van der Waals surface area contributed by atoms with Crippen LogP contribution in [0, 0.1) is 11.8 Å². The normalized spacial score (nSPS) is 30.5. The minimum Gasteiger partial charge on any atom is -0.273 e. The van der Waals surface area contributed by atoms with Crippen molar-refractivity contribution in [2.24, 2.45) is 16.9 Å². The maximum atomic E-state index is 11.1. The van der Waals surface area contributed by atoms with Gasteiger partial charge >= 0.3 is 0 Å². The van der Waals surface area contributed by atoms with Gasteiger partial charge in [-0.05, 0) is 19.3 Å². The van der Waals surface area contributed by atoms with Gasteiger partial charge in [0.1, 0.15) is 0 Å². The lowest BCUT2D eigenvalue weighted by molar-refractivity contribution is -0.122. The predicted octanol–water partition coefficient (Wildman–Crippen LogP) is 1.69. The SMILES string of the molecule is CCCCCC1=NNC(=O)C2CC12. The number of hydrogen-bond acceptors (Lipinski definition) is 2. The fourth-order valence-electron chi connectivity index (χ4n) is 1.94. The van der Waals surface area contributed by atoms with E-state index in [-0.39, 0.29) is 11.8 Å². The Morgan fingerprint density at radius 3 is 3.08 bits per heavy atom. The second kappa shape index (κ2) is 3.48. The largest absolute Gasteiger partial charge is 0.273 e. The van der Waals surface area contributed by atoms with Gasteiger partial charge in [0.05, 0.1) is 0 Å². The Morgan fingerprint density at radius 1 is 1.46 bits per heavy atom. The van der Waals surface area contributed by atoms with Crippen molar-refractivity contribution in [3.8, 4) is 0 Å². The number of carbonyl (C=O) groups is 1. The summed E-state index contributed by atoms with van der Waals surface area (Å²) in [4.78, 5) is 11.1. The van der Waals surface area contributed by atoms with E-state index in [0.717, 1.165) is 12.8 Å². The van der Waals surface area contributed by atoms with E-state index in [1.807, 2.05) is 0 Å². The molecule has 0 aromatic heterocycles. The summed E-state index contributed by atoms with van der Waals surface area (Å²) in [5.74, 6) is 0.906. The van der Waals surface area contributed by atoms with Gasteiger partial charge in [0, 0.05) is 17.5 Å². The minimum absolute atomic E-state index is 0.129. The van der Waals surface area contributed by atoms with Crippen molar-refractivity contribution in [3.05, 3.63) is 0 Å². The lowest BCUT2D eigenvalue weighted by atomic mass is 10.1. The standard InChI is InChI=1S/C10H16N2O/c1-2-3-4-5-9-7-6-8(7)10(13)12-11-9/h7-8H,2-6H2,1H3,(H,12,13). The van der Waals surface area contributed by atoms with Gasteiger partial charge < -0.3 is 0 Å². The van der Waals surface area contributed by atoms with Crippen LogP contribution in [0.15, 0.2) is 5.10 Å². The molecule has 1 fully saturated rings. The zero-order valence-electron chi connectivity index (χ0n) is 8.05. The maximum absolute atomic E-state index is 11.1. The summed E-state index contributed by atoms with van der Waals surface area (Å²) in [6.45, 7) is 2.20. The highest BCUT2D eigenvalue weighted by atomic mass is 16.2. The number of hydrogen-bond donors (Lipinski definition) is 1. The van der Waals surface area contributed by atoms with Crippen LogP contribution >= 0.6 is 0 Å². The average molecular weight is 180 g/mol. The Bertz CT molecular complexity index is 247. The monoisotopic (exact) mass is 180 g/mol. The Labute approximate surface area is 78.6 Å². The molecule has 0 bridgehead atoms. The first-order valence-electron chi connectivity index (χ1n) is 5.19. The first kappa shape index (κ1) is 8.73. The van der Waals surface area contributed by atoms with Crippen molar-refractivity contribution in [1.82, 2.24) is 5.43 Å². The van der Waals surface area contributed by atoms with Gasteiger partial charge in [0.25, 0.3) is 0 Å². The van der Waals surface area contributed by atoms with Gasteiger partial charge in [0.2, 0.25) is 5.91 Å². The fraction of sp³-hybridized carbons (Fsp3) is 0.800. The molecule has 1 N–H and O–H groups in total. The van der Waals surface area contributed by atoms with E-state index >= 15 is 0 Å². The number of unbranched alkanes of at least 4 members (excludes halogenated alkanes) is 2. The molecule has 1 aliphatic heterocycles. The summed E-state index contributed by atoms with van der Waals surface area (Å²) in [5, 5.41) is 4.12. The zero-order valence-corrected chi connectivity index (χ0v) is 8.05. The lowest BCUT2D eigenvalue weighted by Gasteiger charge is -2.10. The number of rotatable bonds is 4. The van der Waals surface area contributed by atoms with E-state index in [1.165, 1.54) is 25.0 Å². The second-order valence-corrected chi connectivity index (χ2v) is 3.98. The highest BCUT2D eigenvalue weighted by Crippen LogP contribution is 2.42. The molecule has 13 heavy (non-hydrogen) atoms. The van der Waals surface area contributed by atoms with Gasteiger partial charge in [0.15, 0.2) is 0 Å². The second-order valence-electron chi connectivity index (χ2n) is 3.98. The van der Waals surface area contributed by atoms with Crippen molar-refractivity contribution >= 4 is 11.6 Å². The molecule has 0 saturated heterocycles. The number of fused-ring (bicyclic) bond motifs is 1. The summed E-state index contributed by atoms with van der Waals surface area (Å²) in [6.07, 6.45) is 5.85. The van der Waals surface area contributed by atoms with Crippen LogP contribution in [0.3, 0.4) is 0 Å². The summed E-state index contributed by atoms with van der Waals surface area (Å²) in [6, 6.07) is 0. The van der Waals surface area contributed by atoms with Crippen LogP contribution in [0.4, 0.5) is 0 Å². The van der Waals surface area contributed by atoms with Crippen LogP contribution in [0.25, 0.3) is 0 Å². The van der Waals surface area contributed by atoms with Crippen LogP contribution in [0.5, 0.6) is 0 Å². The Kier molecular flexibility index (Phi) is 2.34. The third kappa shape index (κ3) is 1.74. The highest BCUT2D eigenvalue weighted by molar-refractivity contribution is 5.99. The van der Waals surface area contributed by atoms with Crippen LogP contribution in [-0.2, 0) is 4.79 Å². The van der Waals surface area contributed by atoms with Gasteiger partial charge in [-0.25, -0.2) is 5.43 Å². The Balaban J connectivity index is 1.83. The van der Waals surface area contributed by atoms with Crippen LogP contribution in [0.2, 0.25) is 0 Å². The molecule has 72 valence electrons. The Morgan fingerprint density at radius 2 is 2.31 bits per heavy atom. The summed E-state index contributed by atoms with van der Waals surface area (Å²) < 4.78 is 0. The van der Waals surface area contributed by atoms with E-state index in [9.17, 15) is 4.79 Å². The van der Waals surface area contributed by atoms with E-state index in [0.29, 0.717) is 5.92 Å². The van der Waals surface area contributed by atoms with E-state index in [1.54, 1.807) is 0 Å². The third-order valence-electron chi connectivity index (χ3n) is 2.90. The quantitative estimate of drug-likeness (QED) is 0.657. The molecule has 0 radical (unpaired) electrons. The zero-order chi connectivity index (χ0) is 9.26. The molecule has 3 heteroatoms. The van der Waals surface area contributed by atoms with Crippen molar-refractivity contribution in [2.45, 2.75) is 39.0 Å². The molecule has 0 spiro atoms. The van der Waals surface area contributed by atoms with Gasteiger partial charge in [-0.1, -0.05) is 19.8 Å². The average Bonchev–Trinajstić information content (AvgIpc) is 2.89. The number of carbonyl (C=O) groups excluding carboxylic acids is 1. The Hall–Kier alpha value is -0.860. The first-order valence-corrected chi connectivity index (χ1v) is 5.19. The number of amides is 1. The third-order valence-corrected chi connectivity index (χ3v) is 2.90. The van der Waals surface area contributed by atoms with Crippen molar-refractivity contribution < 1.29 is 4.79 Å². The molecular formula is C10H16N2O. The van der Waals surface area contributed by atoms with Crippen LogP contribution < -0.4 is 5.43 Å². The van der Waals surface area contributed by atoms with Crippen LogP contribution in [0.1, 0.15) is 39.0 Å². The molecule has 0 aromatic rings. The fourth-order valence-corrected chi connectivity index (χ4v) is 1.94. The molecular weight excluding hydrogens is 164 g/mol. The molecule has 1 heterocycles. The summed E-state index contributed by atoms with van der Waals surface area (Å²) >= 11 is 0. The van der Waals surface area contributed by atoms with Crippen LogP contribution in [-0.4, -0.2) is 11.6 Å². The highest BCUT2D eigenvalue weighted by Gasteiger charge is 2.48. The smallest absolute Gasteiger partial charge is 0.243 e. The number of hydrazone groups is 1. The number of nitrogens with one attached hydrogen (secondary N) is 1. The predicted molar refractivity (Wildman–Crippen MR) is 51.3 cm³/mol. The van der Waals surface area contributed by atoms with Crippen molar-refractivity contribution in [3.63, 3.8) is 0 Å². The lowest BCUT2D eigenvalue weighted by Crippen LogP contribution is -2.28. The van der Waals surface area contributed by atoms with Gasteiger partial charge in [-0.2, -0.15) is 5.10 Å². The summed E-state index contributed by atoms with van der Waals surface area (Å²) in [5.41, 5.74) is 3.83. The summed E-state index contributed by atoms with van der Waals surface area (Å²) in [7, 11) is 0. The molecule has 3 nitrogen and oxygen atoms in total. The molecule has 2 rings (SSSR count). The van der Waals surface area contributed by atoms with Gasteiger partial charge in [-0.3, -0.25) is 4.79 Å². The molecule has 1 aliphatic carbocycles. The first-order chi connectivity index (χ1) is 6.33. The molecule has 2 unspecified atom stereocenters. The number of nitrogens with zero attached hydrogens (tertiary/aromatic N) is 1. The molecule has 1 saturated carbocycles.